The Hall–Kier alpha value is -2.45. The lowest BCUT2D eigenvalue weighted by atomic mass is 10.1. The number of amides is 2. The molecule has 1 saturated heterocycles. The summed E-state index contributed by atoms with van der Waals surface area (Å²) in [4.78, 5) is 18.4. The van der Waals surface area contributed by atoms with E-state index in [1.165, 1.54) is 0 Å². The normalized spacial score (nSPS) is 18.1. The predicted molar refractivity (Wildman–Crippen MR) is 98.5 cm³/mol. The zero-order chi connectivity index (χ0) is 18.5. The molecule has 0 radical (unpaired) electrons. The zero-order valence-corrected chi connectivity index (χ0v) is 15.5. The maximum absolute atomic E-state index is 11.6. The first-order valence-corrected chi connectivity index (χ1v) is 8.91. The highest BCUT2D eigenvalue weighted by Crippen LogP contribution is 2.23. The third-order valence-corrected chi connectivity index (χ3v) is 4.32. The van der Waals surface area contributed by atoms with Crippen molar-refractivity contribution in [2.75, 3.05) is 26.7 Å². The van der Waals surface area contributed by atoms with Crippen molar-refractivity contribution in [1.29, 1.82) is 0 Å². The van der Waals surface area contributed by atoms with Gasteiger partial charge in [-0.05, 0) is 38.6 Å². The molecule has 0 saturated carbocycles. The fraction of sp³-hybridized carbons (Fsp3) is 0.500. The van der Waals surface area contributed by atoms with Gasteiger partial charge in [-0.3, -0.25) is 4.90 Å². The van der Waals surface area contributed by atoms with Crippen molar-refractivity contribution in [3.05, 3.63) is 35.7 Å². The van der Waals surface area contributed by atoms with E-state index in [2.05, 4.69) is 38.0 Å². The molecule has 1 aliphatic heterocycles. The Morgan fingerprint density at radius 3 is 2.85 bits per heavy atom. The number of nitrogens with one attached hydrogen (secondary N) is 3. The molecule has 8 nitrogen and oxygen atoms in total. The lowest BCUT2D eigenvalue weighted by Crippen LogP contribution is -2.44. The van der Waals surface area contributed by atoms with Gasteiger partial charge < -0.3 is 20.5 Å². The Morgan fingerprint density at radius 1 is 1.38 bits per heavy atom. The van der Waals surface area contributed by atoms with Gasteiger partial charge in [-0.15, -0.1) is 0 Å². The lowest BCUT2D eigenvalue weighted by molar-refractivity contribution is 0.190. The molecular weight excluding hydrogens is 332 g/mol. The molecule has 3 N–H and O–H groups in total. The summed E-state index contributed by atoms with van der Waals surface area (Å²) in [6.45, 7) is 7.07. The van der Waals surface area contributed by atoms with Crippen LogP contribution >= 0.6 is 0 Å². The fourth-order valence-corrected chi connectivity index (χ4v) is 2.84. The Balaban J connectivity index is 1.61. The van der Waals surface area contributed by atoms with Crippen LogP contribution in [0.2, 0.25) is 0 Å². The fourth-order valence-electron chi connectivity index (χ4n) is 2.84. The summed E-state index contributed by atoms with van der Waals surface area (Å²) in [6.07, 6.45) is 0. The van der Waals surface area contributed by atoms with Gasteiger partial charge in [0.05, 0.1) is 6.04 Å². The highest BCUT2D eigenvalue weighted by atomic mass is 16.5. The van der Waals surface area contributed by atoms with Crippen LogP contribution in [-0.4, -0.2) is 53.8 Å². The van der Waals surface area contributed by atoms with Gasteiger partial charge >= 0.3 is 6.03 Å². The molecule has 1 fully saturated rings. The maximum atomic E-state index is 11.6. The number of nitrogens with zero attached hydrogens (tertiary/aromatic N) is 3. The number of likely N-dealkylation sites (N-methyl/N-ethyl adjacent to an activating group) is 1. The first kappa shape index (κ1) is 18.3. The first-order chi connectivity index (χ1) is 12.5. The molecular formula is C18H26N6O2. The number of hydrogen-bond donors (Lipinski definition) is 3. The standard InChI is InChI=1S/C18H26N6O2/c1-12(2)21-18(25)20-10-13-4-6-14(7-5-13)17-22-16(23-26-17)15-11-19-8-9-24(15)3/h4-7,12,15,19H,8-11H2,1-3H3,(H2,20,21,25). The van der Waals surface area contributed by atoms with Crippen molar-refractivity contribution in [2.24, 2.45) is 0 Å². The van der Waals surface area contributed by atoms with Crippen LogP contribution in [0.15, 0.2) is 28.8 Å². The molecule has 0 bridgehead atoms. The van der Waals surface area contributed by atoms with E-state index in [0.29, 0.717) is 18.3 Å². The molecule has 3 rings (SSSR count). The van der Waals surface area contributed by atoms with Crippen LogP contribution in [0.4, 0.5) is 4.79 Å². The van der Waals surface area contributed by atoms with Crippen LogP contribution in [0, 0.1) is 0 Å². The van der Waals surface area contributed by atoms with Crippen LogP contribution in [0.5, 0.6) is 0 Å². The quantitative estimate of drug-likeness (QED) is 0.750. The van der Waals surface area contributed by atoms with Gasteiger partial charge in [0.25, 0.3) is 5.89 Å². The van der Waals surface area contributed by atoms with Gasteiger partial charge in [0, 0.05) is 37.8 Å². The SMILES string of the molecule is CC(C)NC(=O)NCc1ccc(-c2nc(C3CNCCN3C)no2)cc1. The molecule has 1 aromatic carbocycles. The summed E-state index contributed by atoms with van der Waals surface area (Å²) in [5, 5.41) is 13.1. The second-order valence-corrected chi connectivity index (χ2v) is 6.84. The average Bonchev–Trinajstić information content (AvgIpc) is 3.10. The Labute approximate surface area is 153 Å². The van der Waals surface area contributed by atoms with Gasteiger partial charge in [0.2, 0.25) is 0 Å². The molecule has 2 amide bonds. The van der Waals surface area contributed by atoms with Crippen molar-refractivity contribution >= 4 is 6.03 Å². The molecule has 1 atom stereocenters. The largest absolute Gasteiger partial charge is 0.336 e. The van der Waals surface area contributed by atoms with Crippen LogP contribution in [0.25, 0.3) is 11.5 Å². The van der Waals surface area contributed by atoms with E-state index < -0.39 is 0 Å². The van der Waals surface area contributed by atoms with Crippen LogP contribution in [0.3, 0.4) is 0 Å². The lowest BCUT2D eigenvalue weighted by Gasteiger charge is -2.30. The molecule has 2 heterocycles. The molecule has 140 valence electrons. The second kappa shape index (κ2) is 8.29. The topological polar surface area (TPSA) is 95.3 Å². The molecule has 0 aliphatic carbocycles. The molecule has 26 heavy (non-hydrogen) atoms. The van der Waals surface area contributed by atoms with Crippen LogP contribution < -0.4 is 16.0 Å². The van der Waals surface area contributed by atoms with Gasteiger partial charge in [0.1, 0.15) is 0 Å². The zero-order valence-electron chi connectivity index (χ0n) is 15.5. The first-order valence-electron chi connectivity index (χ1n) is 8.91. The summed E-state index contributed by atoms with van der Waals surface area (Å²) in [7, 11) is 2.07. The third kappa shape index (κ3) is 4.59. The summed E-state index contributed by atoms with van der Waals surface area (Å²) in [5.74, 6) is 1.21. The number of benzene rings is 1. The minimum Gasteiger partial charge on any atom is -0.336 e. The van der Waals surface area contributed by atoms with Crippen molar-refractivity contribution < 1.29 is 9.32 Å². The number of piperazine rings is 1. The minimum absolute atomic E-state index is 0.113. The van der Waals surface area contributed by atoms with Crippen molar-refractivity contribution in [1.82, 2.24) is 31.0 Å². The highest BCUT2D eigenvalue weighted by Gasteiger charge is 2.25. The third-order valence-electron chi connectivity index (χ3n) is 4.32. The number of urea groups is 1. The number of hydrogen-bond acceptors (Lipinski definition) is 6. The monoisotopic (exact) mass is 358 g/mol. The van der Waals surface area contributed by atoms with E-state index in [9.17, 15) is 4.79 Å². The van der Waals surface area contributed by atoms with Gasteiger partial charge in [0.15, 0.2) is 5.82 Å². The van der Waals surface area contributed by atoms with E-state index in [1.807, 2.05) is 38.1 Å². The second-order valence-electron chi connectivity index (χ2n) is 6.84. The van der Waals surface area contributed by atoms with Gasteiger partial charge in [-0.1, -0.05) is 17.3 Å². The van der Waals surface area contributed by atoms with E-state index in [4.69, 9.17) is 4.52 Å². The molecule has 1 unspecified atom stereocenters. The molecule has 1 aliphatic rings. The minimum atomic E-state index is -0.171. The molecule has 2 aromatic rings. The van der Waals surface area contributed by atoms with Crippen molar-refractivity contribution in [3.63, 3.8) is 0 Å². The van der Waals surface area contributed by atoms with Gasteiger partial charge in [-0.2, -0.15) is 4.98 Å². The van der Waals surface area contributed by atoms with Crippen molar-refractivity contribution in [3.8, 4) is 11.5 Å². The Kier molecular flexibility index (Phi) is 5.85. The summed E-state index contributed by atoms with van der Waals surface area (Å²) >= 11 is 0. The number of carbonyl (C=O) groups is 1. The summed E-state index contributed by atoms with van der Waals surface area (Å²) in [6, 6.07) is 7.82. The average molecular weight is 358 g/mol. The maximum Gasteiger partial charge on any atom is 0.315 e. The van der Waals surface area contributed by atoms with E-state index in [0.717, 1.165) is 30.8 Å². The van der Waals surface area contributed by atoms with E-state index in [1.54, 1.807) is 0 Å². The highest BCUT2D eigenvalue weighted by molar-refractivity contribution is 5.74. The van der Waals surface area contributed by atoms with Crippen LogP contribution in [-0.2, 0) is 6.54 Å². The molecule has 8 heteroatoms. The summed E-state index contributed by atoms with van der Waals surface area (Å²) < 4.78 is 5.44. The van der Waals surface area contributed by atoms with Crippen LogP contribution in [0.1, 0.15) is 31.3 Å². The Morgan fingerprint density at radius 2 is 2.15 bits per heavy atom. The van der Waals surface area contributed by atoms with E-state index >= 15 is 0 Å². The van der Waals surface area contributed by atoms with E-state index in [-0.39, 0.29) is 18.1 Å². The number of carbonyl (C=O) groups excluding carboxylic acids is 1. The van der Waals surface area contributed by atoms with Gasteiger partial charge in [-0.25, -0.2) is 4.79 Å². The Bertz CT molecular complexity index is 728. The van der Waals surface area contributed by atoms with Crippen molar-refractivity contribution in [2.45, 2.75) is 32.5 Å². The number of aromatic nitrogens is 2. The number of rotatable bonds is 5. The summed E-state index contributed by atoms with van der Waals surface area (Å²) in [5.41, 5.74) is 1.87. The molecule has 0 spiro atoms. The smallest absolute Gasteiger partial charge is 0.315 e. The molecule has 1 aromatic heterocycles. The predicted octanol–water partition coefficient (Wildman–Crippen LogP) is 1.52.